The van der Waals surface area contributed by atoms with Crippen molar-refractivity contribution in [3.05, 3.63) is 46.5 Å². The summed E-state index contributed by atoms with van der Waals surface area (Å²) < 4.78 is 41.1. The molecule has 1 atom stereocenters. The predicted octanol–water partition coefficient (Wildman–Crippen LogP) is 2.83. The SMILES string of the molecule is OC(Cc1cccc(C(F)(F)F)c1)c1csnn1. The van der Waals surface area contributed by atoms with Gasteiger partial charge >= 0.3 is 6.18 Å². The number of hydrogen-bond acceptors (Lipinski definition) is 4. The number of benzene rings is 1. The number of aliphatic hydroxyl groups excluding tert-OH is 1. The summed E-state index contributed by atoms with van der Waals surface area (Å²) in [5.74, 6) is 0. The number of nitrogens with zero attached hydrogens (tertiary/aromatic N) is 2. The van der Waals surface area contributed by atoms with Crippen molar-refractivity contribution in [2.45, 2.75) is 18.7 Å². The zero-order valence-corrected chi connectivity index (χ0v) is 9.87. The van der Waals surface area contributed by atoms with Crippen LogP contribution in [0.3, 0.4) is 0 Å². The molecular weight excluding hydrogens is 265 g/mol. The Morgan fingerprint density at radius 2 is 2.11 bits per heavy atom. The Morgan fingerprint density at radius 3 is 2.72 bits per heavy atom. The third-order valence-corrected chi connectivity index (χ3v) is 2.92. The van der Waals surface area contributed by atoms with Gasteiger partial charge in [0.1, 0.15) is 11.8 Å². The third kappa shape index (κ3) is 3.05. The van der Waals surface area contributed by atoms with Crippen LogP contribution < -0.4 is 0 Å². The third-order valence-electron chi connectivity index (χ3n) is 2.40. The Hall–Kier alpha value is -1.47. The number of hydrogen-bond donors (Lipinski definition) is 1. The summed E-state index contributed by atoms with van der Waals surface area (Å²) in [6, 6.07) is 4.89. The van der Waals surface area contributed by atoms with Gasteiger partial charge in [0.05, 0.1) is 5.56 Å². The van der Waals surface area contributed by atoms with E-state index in [0.29, 0.717) is 11.3 Å². The molecule has 0 saturated carbocycles. The van der Waals surface area contributed by atoms with Gasteiger partial charge in [-0.05, 0) is 23.2 Å². The van der Waals surface area contributed by atoms with Crippen molar-refractivity contribution in [2.75, 3.05) is 0 Å². The number of rotatable bonds is 3. The van der Waals surface area contributed by atoms with E-state index in [-0.39, 0.29) is 6.42 Å². The van der Waals surface area contributed by atoms with Crippen molar-refractivity contribution >= 4 is 11.5 Å². The number of halogens is 3. The summed E-state index contributed by atoms with van der Waals surface area (Å²) >= 11 is 1.08. The molecular formula is C11H9F3N2OS. The topological polar surface area (TPSA) is 46.0 Å². The minimum absolute atomic E-state index is 0.0787. The largest absolute Gasteiger partial charge is 0.416 e. The van der Waals surface area contributed by atoms with E-state index in [1.165, 1.54) is 12.1 Å². The molecule has 3 nitrogen and oxygen atoms in total. The van der Waals surface area contributed by atoms with Crippen molar-refractivity contribution < 1.29 is 18.3 Å². The van der Waals surface area contributed by atoms with Gasteiger partial charge in [-0.25, -0.2) is 0 Å². The normalized spacial score (nSPS) is 13.6. The fourth-order valence-electron chi connectivity index (χ4n) is 1.52. The molecule has 0 saturated heterocycles. The average Bonchev–Trinajstić information content (AvgIpc) is 2.81. The molecule has 0 fully saturated rings. The van der Waals surface area contributed by atoms with Crippen LogP contribution in [0.25, 0.3) is 0 Å². The second kappa shape index (κ2) is 5.03. The second-order valence-electron chi connectivity index (χ2n) is 3.75. The molecule has 96 valence electrons. The molecule has 0 radical (unpaired) electrons. The summed E-state index contributed by atoms with van der Waals surface area (Å²) in [6.07, 6.45) is -5.23. The highest BCUT2D eigenvalue weighted by Gasteiger charge is 2.30. The first-order valence-corrected chi connectivity index (χ1v) is 5.91. The highest BCUT2D eigenvalue weighted by Crippen LogP contribution is 2.30. The molecule has 0 aliphatic heterocycles. The maximum absolute atomic E-state index is 12.5. The van der Waals surface area contributed by atoms with E-state index in [9.17, 15) is 18.3 Å². The Bertz CT molecular complexity index is 513. The molecule has 0 amide bonds. The molecule has 1 aromatic carbocycles. The molecule has 1 aromatic heterocycles. The number of aliphatic hydroxyl groups is 1. The zero-order valence-electron chi connectivity index (χ0n) is 9.05. The lowest BCUT2D eigenvalue weighted by Gasteiger charge is -2.10. The maximum atomic E-state index is 12.5. The molecule has 0 bridgehead atoms. The van der Waals surface area contributed by atoms with E-state index in [0.717, 1.165) is 23.7 Å². The first kappa shape index (κ1) is 13.0. The van der Waals surface area contributed by atoms with Gasteiger partial charge in [0.2, 0.25) is 0 Å². The lowest BCUT2D eigenvalue weighted by molar-refractivity contribution is -0.137. The Labute approximate surface area is 105 Å². The van der Waals surface area contributed by atoms with Crippen LogP contribution in [0.5, 0.6) is 0 Å². The fraction of sp³-hybridized carbons (Fsp3) is 0.273. The molecule has 2 rings (SSSR count). The average molecular weight is 274 g/mol. The van der Waals surface area contributed by atoms with Crippen molar-refractivity contribution in [2.24, 2.45) is 0 Å². The van der Waals surface area contributed by atoms with Crippen LogP contribution >= 0.6 is 11.5 Å². The standard InChI is InChI=1S/C11H9F3N2OS/c12-11(13,14)8-3-1-2-7(4-8)5-10(17)9-6-18-16-15-9/h1-4,6,10,17H,5H2. The highest BCUT2D eigenvalue weighted by molar-refractivity contribution is 7.03. The molecule has 7 heteroatoms. The molecule has 1 heterocycles. The van der Waals surface area contributed by atoms with E-state index < -0.39 is 17.8 Å². The van der Waals surface area contributed by atoms with E-state index in [4.69, 9.17) is 0 Å². The summed E-state index contributed by atoms with van der Waals surface area (Å²) in [4.78, 5) is 0. The number of alkyl halides is 3. The van der Waals surface area contributed by atoms with Crippen LogP contribution in [-0.2, 0) is 12.6 Å². The molecule has 1 N–H and O–H groups in total. The lowest BCUT2D eigenvalue weighted by atomic mass is 10.0. The van der Waals surface area contributed by atoms with Crippen LogP contribution in [-0.4, -0.2) is 14.7 Å². The highest BCUT2D eigenvalue weighted by atomic mass is 32.1. The Kier molecular flexibility index (Phi) is 3.63. The van der Waals surface area contributed by atoms with Crippen molar-refractivity contribution in [3.8, 4) is 0 Å². The molecule has 1 unspecified atom stereocenters. The first-order chi connectivity index (χ1) is 8.47. The molecule has 0 spiro atoms. The fourth-order valence-corrected chi connectivity index (χ4v) is 2.02. The van der Waals surface area contributed by atoms with Gasteiger partial charge in [-0.3, -0.25) is 0 Å². The van der Waals surface area contributed by atoms with Crippen molar-refractivity contribution in [1.82, 2.24) is 9.59 Å². The van der Waals surface area contributed by atoms with Gasteiger partial charge in [-0.15, -0.1) is 5.10 Å². The summed E-state index contributed by atoms with van der Waals surface area (Å²) in [5.41, 5.74) is 0.0614. The predicted molar refractivity (Wildman–Crippen MR) is 60.0 cm³/mol. The van der Waals surface area contributed by atoms with Crippen LogP contribution in [0, 0.1) is 0 Å². The molecule has 18 heavy (non-hydrogen) atoms. The van der Waals surface area contributed by atoms with Gasteiger partial charge in [0.25, 0.3) is 0 Å². The quantitative estimate of drug-likeness (QED) is 0.936. The van der Waals surface area contributed by atoms with Crippen LogP contribution in [0.2, 0.25) is 0 Å². The van der Waals surface area contributed by atoms with Crippen LogP contribution in [0.4, 0.5) is 13.2 Å². The van der Waals surface area contributed by atoms with E-state index in [1.54, 1.807) is 5.38 Å². The Balaban J connectivity index is 2.15. The molecule has 0 aliphatic carbocycles. The first-order valence-electron chi connectivity index (χ1n) is 5.08. The van der Waals surface area contributed by atoms with Crippen molar-refractivity contribution in [1.29, 1.82) is 0 Å². The minimum atomic E-state index is -4.37. The van der Waals surface area contributed by atoms with Gasteiger partial charge < -0.3 is 5.11 Å². The summed E-state index contributed by atoms with van der Waals surface area (Å²) in [6.45, 7) is 0. The van der Waals surface area contributed by atoms with Crippen LogP contribution in [0.15, 0.2) is 29.6 Å². The monoisotopic (exact) mass is 274 g/mol. The zero-order chi connectivity index (χ0) is 13.2. The smallest absolute Gasteiger partial charge is 0.386 e. The van der Waals surface area contributed by atoms with Gasteiger partial charge in [0, 0.05) is 11.8 Å². The molecule has 0 aliphatic rings. The summed E-state index contributed by atoms with van der Waals surface area (Å²) in [5, 5.41) is 15.0. The van der Waals surface area contributed by atoms with E-state index in [2.05, 4.69) is 9.59 Å². The second-order valence-corrected chi connectivity index (χ2v) is 4.36. The van der Waals surface area contributed by atoms with Gasteiger partial charge in [-0.1, -0.05) is 22.7 Å². The van der Waals surface area contributed by atoms with E-state index >= 15 is 0 Å². The van der Waals surface area contributed by atoms with Gasteiger partial charge in [0.15, 0.2) is 0 Å². The lowest BCUT2D eigenvalue weighted by Crippen LogP contribution is -2.07. The Morgan fingerprint density at radius 1 is 1.33 bits per heavy atom. The maximum Gasteiger partial charge on any atom is 0.416 e. The summed E-state index contributed by atoms with van der Waals surface area (Å²) in [7, 11) is 0. The van der Waals surface area contributed by atoms with Crippen molar-refractivity contribution in [3.63, 3.8) is 0 Å². The molecule has 2 aromatic rings. The van der Waals surface area contributed by atoms with Crippen LogP contribution in [0.1, 0.15) is 22.9 Å². The van der Waals surface area contributed by atoms with Gasteiger partial charge in [-0.2, -0.15) is 13.2 Å². The van der Waals surface area contributed by atoms with E-state index in [1.807, 2.05) is 0 Å². The minimum Gasteiger partial charge on any atom is -0.386 e. The number of aromatic nitrogens is 2.